The van der Waals surface area contributed by atoms with Crippen molar-refractivity contribution in [2.45, 2.75) is 51.0 Å². The van der Waals surface area contributed by atoms with Gasteiger partial charge in [0.1, 0.15) is 0 Å². The van der Waals surface area contributed by atoms with Crippen molar-refractivity contribution in [1.29, 1.82) is 0 Å². The van der Waals surface area contributed by atoms with Crippen molar-refractivity contribution in [3.05, 3.63) is 65.2 Å². The van der Waals surface area contributed by atoms with E-state index in [1.54, 1.807) is 28.6 Å². The van der Waals surface area contributed by atoms with Gasteiger partial charge in [0, 0.05) is 12.6 Å². The molecule has 3 aliphatic rings. The zero-order chi connectivity index (χ0) is 25.2. The summed E-state index contributed by atoms with van der Waals surface area (Å²) in [6.07, 6.45) is 2.59. The summed E-state index contributed by atoms with van der Waals surface area (Å²) in [5, 5.41) is 0. The fourth-order valence-corrected chi connectivity index (χ4v) is 7.99. The number of amides is 2. The standard InChI is InChI=1S/C26H28N2O6S/c1-25(2)12-18-13-26(3,14-25)15-28(18)35(32,33)19-8-6-7-17(11-19)24(31)34-16-27-22(29)20-9-4-5-10-21(20)23(27)30/h4-11,18H,12-16H2,1-3H3. The molecule has 8 nitrogen and oxygen atoms in total. The van der Waals surface area contributed by atoms with Gasteiger partial charge in [-0.3, -0.25) is 9.59 Å². The fraction of sp³-hybridized carbons (Fsp3) is 0.423. The van der Waals surface area contributed by atoms with Crippen LogP contribution in [0.15, 0.2) is 53.4 Å². The van der Waals surface area contributed by atoms with Gasteiger partial charge in [-0.1, -0.05) is 39.0 Å². The van der Waals surface area contributed by atoms with Crippen molar-refractivity contribution >= 4 is 27.8 Å². The number of esters is 1. The van der Waals surface area contributed by atoms with Crippen molar-refractivity contribution in [1.82, 2.24) is 9.21 Å². The van der Waals surface area contributed by atoms with E-state index in [9.17, 15) is 22.8 Å². The van der Waals surface area contributed by atoms with Gasteiger partial charge in [0.2, 0.25) is 10.0 Å². The predicted octanol–water partition coefficient (Wildman–Crippen LogP) is 3.69. The summed E-state index contributed by atoms with van der Waals surface area (Å²) >= 11 is 0. The lowest BCUT2D eigenvalue weighted by Gasteiger charge is -2.39. The first-order valence-electron chi connectivity index (χ1n) is 11.6. The van der Waals surface area contributed by atoms with Crippen LogP contribution in [-0.4, -0.2) is 54.7 Å². The molecule has 2 atom stereocenters. The van der Waals surface area contributed by atoms with E-state index in [4.69, 9.17) is 4.74 Å². The Morgan fingerprint density at radius 1 is 1.00 bits per heavy atom. The Morgan fingerprint density at radius 3 is 2.31 bits per heavy atom. The maximum absolute atomic E-state index is 13.6. The minimum Gasteiger partial charge on any atom is -0.440 e. The highest BCUT2D eigenvalue weighted by atomic mass is 32.2. The van der Waals surface area contributed by atoms with E-state index >= 15 is 0 Å². The van der Waals surface area contributed by atoms with E-state index < -0.39 is 34.5 Å². The van der Waals surface area contributed by atoms with Crippen LogP contribution >= 0.6 is 0 Å². The van der Waals surface area contributed by atoms with E-state index in [1.165, 1.54) is 24.3 Å². The highest BCUT2D eigenvalue weighted by Gasteiger charge is 2.53. The predicted molar refractivity (Wildman–Crippen MR) is 127 cm³/mol. The maximum Gasteiger partial charge on any atom is 0.339 e. The average Bonchev–Trinajstić information content (AvgIpc) is 3.21. The molecule has 2 heterocycles. The molecule has 2 unspecified atom stereocenters. The molecule has 184 valence electrons. The summed E-state index contributed by atoms with van der Waals surface area (Å²) in [7, 11) is -3.81. The smallest absolute Gasteiger partial charge is 0.339 e. The van der Waals surface area contributed by atoms with Gasteiger partial charge in [-0.2, -0.15) is 4.31 Å². The fourth-order valence-electron chi connectivity index (χ4n) is 6.17. The molecule has 1 aliphatic carbocycles. The van der Waals surface area contributed by atoms with Gasteiger partial charge in [0.15, 0.2) is 6.73 Å². The Morgan fingerprint density at radius 2 is 1.66 bits per heavy atom. The average molecular weight is 497 g/mol. The van der Waals surface area contributed by atoms with E-state index in [2.05, 4.69) is 20.8 Å². The van der Waals surface area contributed by atoms with E-state index in [0.717, 1.165) is 24.2 Å². The zero-order valence-electron chi connectivity index (χ0n) is 20.0. The van der Waals surface area contributed by atoms with Gasteiger partial charge in [-0.15, -0.1) is 0 Å². The van der Waals surface area contributed by atoms with Crippen LogP contribution in [0, 0.1) is 10.8 Å². The number of nitrogens with zero attached hydrogens (tertiary/aromatic N) is 2. The molecule has 0 N–H and O–H groups in total. The van der Waals surface area contributed by atoms with Crippen molar-refractivity contribution in [3.63, 3.8) is 0 Å². The van der Waals surface area contributed by atoms with Crippen molar-refractivity contribution < 1.29 is 27.5 Å². The second kappa shape index (κ2) is 7.99. The quantitative estimate of drug-likeness (QED) is 0.462. The Kier molecular flexibility index (Phi) is 5.41. The number of benzene rings is 2. The number of fused-ring (bicyclic) bond motifs is 3. The first-order valence-corrected chi connectivity index (χ1v) is 13.1. The summed E-state index contributed by atoms with van der Waals surface area (Å²) in [4.78, 5) is 38.6. The first kappa shape index (κ1) is 23.7. The number of imide groups is 1. The largest absolute Gasteiger partial charge is 0.440 e. The third-order valence-electron chi connectivity index (χ3n) is 7.25. The number of rotatable bonds is 5. The van der Waals surface area contributed by atoms with Crippen molar-refractivity contribution in [2.75, 3.05) is 13.3 Å². The van der Waals surface area contributed by atoms with Crippen LogP contribution in [0.25, 0.3) is 0 Å². The van der Waals surface area contributed by atoms with E-state index in [1.807, 2.05) is 0 Å². The number of ether oxygens (including phenoxy) is 1. The molecule has 2 aromatic carbocycles. The molecule has 0 aromatic heterocycles. The van der Waals surface area contributed by atoms with Gasteiger partial charge in [0.25, 0.3) is 11.8 Å². The number of sulfonamides is 1. The molecule has 2 aliphatic heterocycles. The van der Waals surface area contributed by atoms with Gasteiger partial charge in [-0.25, -0.2) is 18.1 Å². The third kappa shape index (κ3) is 4.06. The van der Waals surface area contributed by atoms with Gasteiger partial charge >= 0.3 is 5.97 Å². The molecule has 0 radical (unpaired) electrons. The lowest BCUT2D eigenvalue weighted by Crippen LogP contribution is -2.37. The SMILES string of the molecule is CC1(C)CC2CC(C)(CN2S(=O)(=O)c2cccc(C(=O)OCN3C(=O)c4ccccc4C3=O)c2)C1. The lowest BCUT2D eigenvalue weighted by molar-refractivity contribution is 0.0228. The second-order valence-electron chi connectivity index (χ2n) is 10.9. The van der Waals surface area contributed by atoms with Crippen LogP contribution in [-0.2, 0) is 14.8 Å². The van der Waals surface area contributed by atoms with Gasteiger partial charge < -0.3 is 4.74 Å². The van der Waals surface area contributed by atoms with Crippen LogP contribution in [0.1, 0.15) is 71.1 Å². The van der Waals surface area contributed by atoms with E-state index in [0.29, 0.717) is 6.54 Å². The first-order chi connectivity index (χ1) is 16.4. The number of carbonyl (C=O) groups is 3. The third-order valence-corrected chi connectivity index (χ3v) is 9.14. The minimum atomic E-state index is -3.81. The number of hydrogen-bond donors (Lipinski definition) is 0. The monoisotopic (exact) mass is 496 g/mol. The molecule has 2 aromatic rings. The maximum atomic E-state index is 13.6. The number of hydrogen-bond acceptors (Lipinski definition) is 6. The Balaban J connectivity index is 1.32. The van der Waals surface area contributed by atoms with Crippen LogP contribution < -0.4 is 0 Å². The van der Waals surface area contributed by atoms with Crippen LogP contribution in [0.3, 0.4) is 0 Å². The lowest BCUT2D eigenvalue weighted by atomic mass is 9.65. The molecule has 2 bridgehead atoms. The summed E-state index contributed by atoms with van der Waals surface area (Å²) in [5.41, 5.74) is 0.556. The molecule has 2 amide bonds. The van der Waals surface area contributed by atoms with Gasteiger partial charge in [0.05, 0.1) is 21.6 Å². The summed E-state index contributed by atoms with van der Waals surface area (Å²) < 4.78 is 33.9. The molecule has 0 spiro atoms. The van der Waals surface area contributed by atoms with Crippen LogP contribution in [0.2, 0.25) is 0 Å². The van der Waals surface area contributed by atoms with Crippen molar-refractivity contribution in [2.24, 2.45) is 10.8 Å². The number of carbonyl (C=O) groups excluding carboxylic acids is 3. The molecule has 35 heavy (non-hydrogen) atoms. The van der Waals surface area contributed by atoms with Crippen molar-refractivity contribution in [3.8, 4) is 0 Å². The molecule has 5 rings (SSSR count). The topological polar surface area (TPSA) is 101 Å². The highest BCUT2D eigenvalue weighted by Crippen LogP contribution is 2.53. The van der Waals surface area contributed by atoms with Gasteiger partial charge in [-0.05, 0) is 60.4 Å². The van der Waals surface area contributed by atoms with Crippen LogP contribution in [0.4, 0.5) is 0 Å². The summed E-state index contributed by atoms with van der Waals surface area (Å²) in [5.74, 6) is -1.88. The molecule has 1 saturated heterocycles. The Hall–Kier alpha value is -3.04. The molecule has 1 saturated carbocycles. The second-order valence-corrected chi connectivity index (χ2v) is 12.8. The minimum absolute atomic E-state index is 0.0293. The Labute approximate surface area is 204 Å². The highest BCUT2D eigenvalue weighted by molar-refractivity contribution is 7.89. The molecular weight excluding hydrogens is 468 g/mol. The Bertz CT molecular complexity index is 1320. The normalized spacial score (nSPS) is 25.6. The van der Waals surface area contributed by atoms with E-state index in [-0.39, 0.29) is 38.5 Å². The summed E-state index contributed by atoms with van der Waals surface area (Å²) in [6.45, 7) is 6.40. The molecule has 9 heteroatoms. The van der Waals surface area contributed by atoms with Crippen LogP contribution in [0.5, 0.6) is 0 Å². The summed E-state index contributed by atoms with van der Waals surface area (Å²) in [6, 6.07) is 12.1. The zero-order valence-corrected chi connectivity index (χ0v) is 20.8. The molecular formula is C26H28N2O6S. The molecule has 2 fully saturated rings.